The van der Waals surface area contributed by atoms with Gasteiger partial charge >= 0.3 is 12.2 Å². The zero-order valence-electron chi connectivity index (χ0n) is 11.6. The number of nitrogens with zero attached hydrogens (tertiary/aromatic N) is 1. The number of benzodiazepines with no additional fused rings is 1. The van der Waals surface area contributed by atoms with E-state index in [0.29, 0.717) is 27.4 Å². The summed E-state index contributed by atoms with van der Waals surface area (Å²) in [6, 6.07) is 11.8. The van der Waals surface area contributed by atoms with Crippen molar-refractivity contribution in [1.29, 1.82) is 0 Å². The molecular formula is C16H12ClFN2O2. The maximum Gasteiger partial charge on any atom is 0.383 e. The highest BCUT2D eigenvalue weighted by Crippen LogP contribution is 2.31. The normalized spacial score (nSPS) is 17.8. The van der Waals surface area contributed by atoms with E-state index in [1.807, 2.05) is 0 Å². The van der Waals surface area contributed by atoms with Crippen LogP contribution in [0.25, 0.3) is 0 Å². The summed E-state index contributed by atoms with van der Waals surface area (Å²) in [6.45, 7) is 1.72. The average Bonchev–Trinajstić information content (AvgIpc) is 2.62. The molecule has 112 valence electrons. The van der Waals surface area contributed by atoms with Crippen molar-refractivity contribution in [3.8, 4) is 0 Å². The van der Waals surface area contributed by atoms with Gasteiger partial charge in [-0.05, 0) is 36.8 Å². The molecule has 6 heteroatoms. The Balaban J connectivity index is 2.38. The Labute approximate surface area is 131 Å². The van der Waals surface area contributed by atoms with Gasteiger partial charge in [0.2, 0.25) is 5.71 Å². The molecule has 0 spiro atoms. The summed E-state index contributed by atoms with van der Waals surface area (Å²) in [5.41, 5.74) is 2.01. The number of hydrogen-bond acceptors (Lipinski definition) is 2. The number of anilines is 1. The van der Waals surface area contributed by atoms with Gasteiger partial charge in [-0.1, -0.05) is 29.8 Å². The highest BCUT2D eigenvalue weighted by atomic mass is 35.5. The van der Waals surface area contributed by atoms with Crippen molar-refractivity contribution < 1.29 is 13.9 Å². The first-order chi connectivity index (χ1) is 10.5. The number of fused-ring (bicyclic) bond motifs is 1. The van der Waals surface area contributed by atoms with Crippen LogP contribution in [-0.2, 0) is 4.79 Å². The number of alkyl halides is 1. The third kappa shape index (κ3) is 2.23. The van der Waals surface area contributed by atoms with E-state index in [2.05, 4.69) is 5.32 Å². The first kappa shape index (κ1) is 14.5. The van der Waals surface area contributed by atoms with Gasteiger partial charge in [0.15, 0.2) is 0 Å². The summed E-state index contributed by atoms with van der Waals surface area (Å²) in [4.78, 5) is 11.8. The average molecular weight is 319 g/mol. The number of hydroxylamine groups is 1. The van der Waals surface area contributed by atoms with Gasteiger partial charge in [-0.25, -0.2) is 0 Å². The SMILES string of the molecule is Cc1c(Cl)ccc2c1C(c1ccccc1)=[N+]([O-])C(F)C(=O)N2. The third-order valence-corrected chi connectivity index (χ3v) is 3.99. The fourth-order valence-corrected chi connectivity index (χ4v) is 2.64. The summed E-state index contributed by atoms with van der Waals surface area (Å²) >= 11 is 6.13. The molecule has 0 aromatic heterocycles. The summed E-state index contributed by atoms with van der Waals surface area (Å²) in [7, 11) is 0. The molecular weight excluding hydrogens is 307 g/mol. The zero-order chi connectivity index (χ0) is 15.9. The molecule has 0 saturated heterocycles. The molecule has 0 saturated carbocycles. The number of nitrogens with one attached hydrogen (secondary N) is 1. The highest BCUT2D eigenvalue weighted by Gasteiger charge is 2.36. The molecule has 1 aliphatic rings. The Morgan fingerprint density at radius 2 is 1.91 bits per heavy atom. The molecule has 1 aliphatic heterocycles. The van der Waals surface area contributed by atoms with Gasteiger partial charge in [-0.15, -0.1) is 0 Å². The largest absolute Gasteiger partial charge is 0.621 e. The van der Waals surface area contributed by atoms with E-state index in [1.165, 1.54) is 0 Å². The zero-order valence-corrected chi connectivity index (χ0v) is 12.4. The maximum atomic E-state index is 14.1. The minimum Gasteiger partial charge on any atom is -0.621 e. The Morgan fingerprint density at radius 3 is 2.59 bits per heavy atom. The molecule has 0 fully saturated rings. The summed E-state index contributed by atoms with van der Waals surface area (Å²) in [5, 5.41) is 15.3. The van der Waals surface area contributed by atoms with Crippen molar-refractivity contribution in [3.05, 3.63) is 69.4 Å². The predicted octanol–water partition coefficient (Wildman–Crippen LogP) is 3.24. The number of amides is 1. The van der Waals surface area contributed by atoms with Crippen molar-refractivity contribution in [2.24, 2.45) is 0 Å². The van der Waals surface area contributed by atoms with Crippen LogP contribution in [0.5, 0.6) is 0 Å². The van der Waals surface area contributed by atoms with Crippen molar-refractivity contribution in [2.45, 2.75) is 13.2 Å². The van der Waals surface area contributed by atoms with Gasteiger partial charge in [0.05, 0.1) is 11.3 Å². The smallest absolute Gasteiger partial charge is 0.383 e. The monoisotopic (exact) mass is 318 g/mol. The van der Waals surface area contributed by atoms with Gasteiger partial charge < -0.3 is 10.5 Å². The highest BCUT2D eigenvalue weighted by molar-refractivity contribution is 6.32. The van der Waals surface area contributed by atoms with E-state index in [9.17, 15) is 14.4 Å². The maximum absolute atomic E-state index is 14.1. The molecule has 0 aliphatic carbocycles. The van der Waals surface area contributed by atoms with Gasteiger partial charge in [-0.2, -0.15) is 9.13 Å². The molecule has 3 rings (SSSR count). The van der Waals surface area contributed by atoms with Crippen LogP contribution in [0.15, 0.2) is 42.5 Å². The Kier molecular flexibility index (Phi) is 3.58. The molecule has 1 N–H and O–H groups in total. The number of carbonyl (C=O) groups excluding carboxylic acids is 1. The van der Waals surface area contributed by atoms with E-state index in [4.69, 9.17) is 11.6 Å². The van der Waals surface area contributed by atoms with Crippen molar-refractivity contribution in [1.82, 2.24) is 0 Å². The molecule has 22 heavy (non-hydrogen) atoms. The number of rotatable bonds is 1. The van der Waals surface area contributed by atoms with Crippen LogP contribution < -0.4 is 5.32 Å². The number of hydrogen-bond donors (Lipinski definition) is 1. The van der Waals surface area contributed by atoms with Crippen LogP contribution in [-0.4, -0.2) is 22.7 Å². The van der Waals surface area contributed by atoms with Gasteiger partial charge in [0, 0.05) is 10.6 Å². The van der Waals surface area contributed by atoms with Gasteiger partial charge in [0.25, 0.3) is 0 Å². The fourth-order valence-electron chi connectivity index (χ4n) is 2.49. The van der Waals surface area contributed by atoms with Crippen LogP contribution in [0.1, 0.15) is 16.7 Å². The second-order valence-electron chi connectivity index (χ2n) is 4.96. The van der Waals surface area contributed by atoms with Crippen LogP contribution >= 0.6 is 11.6 Å². The second kappa shape index (κ2) is 5.42. The summed E-state index contributed by atoms with van der Waals surface area (Å²) in [6.07, 6.45) is -2.32. The minimum atomic E-state index is -2.32. The Hall–Kier alpha value is -2.40. The fraction of sp³-hybridized carbons (Fsp3) is 0.125. The standard InChI is InChI=1S/C16H12ClFN2O2/c1-9-11(17)7-8-12-13(9)14(10-5-3-2-4-6-10)20(22)15(18)16(21)19-12/h2-8,15H,1H3,(H,19,21). The van der Waals surface area contributed by atoms with Gasteiger partial charge in [-0.3, -0.25) is 4.79 Å². The lowest BCUT2D eigenvalue weighted by molar-refractivity contribution is -0.514. The lowest BCUT2D eigenvalue weighted by Crippen LogP contribution is -2.32. The van der Waals surface area contributed by atoms with E-state index >= 15 is 0 Å². The van der Waals surface area contributed by atoms with Gasteiger partial charge in [0.1, 0.15) is 0 Å². The number of halogens is 2. The molecule has 1 atom stereocenters. The van der Waals surface area contributed by atoms with E-state index < -0.39 is 12.2 Å². The quantitative estimate of drug-likeness (QED) is 0.498. The molecule has 2 aromatic rings. The number of benzene rings is 2. The third-order valence-electron chi connectivity index (χ3n) is 3.58. The molecule has 0 radical (unpaired) electrons. The molecule has 1 amide bonds. The number of carbonyl (C=O) groups is 1. The summed E-state index contributed by atoms with van der Waals surface area (Å²) < 4.78 is 14.2. The van der Waals surface area contributed by atoms with Crippen molar-refractivity contribution >= 4 is 28.9 Å². The van der Waals surface area contributed by atoms with Crippen molar-refractivity contribution in [2.75, 3.05) is 5.32 Å². The first-order valence-corrected chi connectivity index (χ1v) is 7.01. The Bertz CT molecular complexity index is 790. The summed E-state index contributed by atoms with van der Waals surface area (Å²) in [5.74, 6) is -0.996. The predicted molar refractivity (Wildman–Crippen MR) is 83.0 cm³/mol. The van der Waals surface area contributed by atoms with Crippen LogP contribution in [0.3, 0.4) is 0 Å². The van der Waals surface area contributed by atoms with Crippen LogP contribution in [0.2, 0.25) is 5.02 Å². The van der Waals surface area contributed by atoms with Crippen LogP contribution in [0, 0.1) is 12.1 Å². The van der Waals surface area contributed by atoms with E-state index in [1.54, 1.807) is 49.4 Å². The lowest BCUT2D eigenvalue weighted by atomic mass is 9.96. The van der Waals surface area contributed by atoms with E-state index in [0.717, 1.165) is 0 Å². The topological polar surface area (TPSA) is 55.2 Å². The van der Waals surface area contributed by atoms with Crippen LogP contribution in [0.4, 0.5) is 10.1 Å². The van der Waals surface area contributed by atoms with E-state index in [-0.39, 0.29) is 10.5 Å². The molecule has 4 nitrogen and oxygen atoms in total. The molecule has 1 unspecified atom stereocenters. The second-order valence-corrected chi connectivity index (χ2v) is 5.37. The molecule has 1 heterocycles. The minimum absolute atomic E-state index is 0.0847. The molecule has 0 bridgehead atoms. The Morgan fingerprint density at radius 1 is 1.23 bits per heavy atom. The lowest BCUT2D eigenvalue weighted by Gasteiger charge is -2.13. The first-order valence-electron chi connectivity index (χ1n) is 6.64. The van der Waals surface area contributed by atoms with Crippen molar-refractivity contribution in [3.63, 3.8) is 0 Å². The molecule has 2 aromatic carbocycles.